The molecule has 2 aromatic carbocycles. The van der Waals surface area contributed by atoms with E-state index in [1.165, 1.54) is 4.70 Å². The Labute approximate surface area is 166 Å². The molecule has 0 saturated carbocycles. The summed E-state index contributed by atoms with van der Waals surface area (Å²) in [6.45, 7) is 2.02. The van der Waals surface area contributed by atoms with Gasteiger partial charge < -0.3 is 10.2 Å². The third kappa shape index (κ3) is 3.45. The first-order valence-corrected chi connectivity index (χ1v) is 10.4. The Balaban J connectivity index is 1.24. The van der Waals surface area contributed by atoms with E-state index in [2.05, 4.69) is 21.4 Å². The van der Waals surface area contributed by atoms with Gasteiger partial charge in [-0.1, -0.05) is 41.7 Å². The minimum atomic E-state index is 0.00366. The van der Waals surface area contributed by atoms with Crippen LogP contribution in [0.1, 0.15) is 12.8 Å². The molecule has 1 atom stereocenters. The molecule has 2 aromatic heterocycles. The predicted molar refractivity (Wildman–Crippen MR) is 113 cm³/mol. The van der Waals surface area contributed by atoms with Crippen molar-refractivity contribution >= 4 is 43.5 Å². The summed E-state index contributed by atoms with van der Waals surface area (Å²) in [5.41, 5.74) is 1.95. The van der Waals surface area contributed by atoms with Crippen LogP contribution in [0, 0.1) is 0 Å². The van der Waals surface area contributed by atoms with E-state index in [4.69, 9.17) is 4.98 Å². The Morgan fingerprint density at radius 1 is 1.14 bits per heavy atom. The minimum absolute atomic E-state index is 0.00366. The molecule has 0 aliphatic carbocycles. The third-order valence-corrected chi connectivity index (χ3v) is 6.20. The average Bonchev–Trinajstić information content (AvgIpc) is 3.31. The van der Waals surface area contributed by atoms with Crippen LogP contribution >= 0.6 is 11.3 Å². The molecule has 1 amide bonds. The maximum atomic E-state index is 12.5. The molecule has 4 aromatic rings. The number of benzene rings is 2. The lowest BCUT2D eigenvalue weighted by molar-refractivity contribution is -0.122. The van der Waals surface area contributed by atoms with Gasteiger partial charge in [0.15, 0.2) is 5.13 Å². The number of anilines is 1. The lowest BCUT2D eigenvalue weighted by Crippen LogP contribution is -2.48. The quantitative estimate of drug-likeness (QED) is 0.579. The van der Waals surface area contributed by atoms with Crippen molar-refractivity contribution in [1.82, 2.24) is 20.1 Å². The Hall–Kier alpha value is -2.93. The fourth-order valence-corrected chi connectivity index (χ4v) is 4.78. The number of piperidine rings is 1. The smallest absolute Gasteiger partial charge is 0.242 e. The summed E-state index contributed by atoms with van der Waals surface area (Å²) in [5.74, 6) is 0.00366. The molecule has 1 saturated heterocycles. The zero-order chi connectivity index (χ0) is 18.9. The van der Waals surface area contributed by atoms with E-state index < -0.39 is 0 Å². The molecule has 0 spiro atoms. The number of amides is 1. The minimum Gasteiger partial charge on any atom is -0.350 e. The summed E-state index contributed by atoms with van der Waals surface area (Å²) in [6.07, 6.45) is 3.96. The second-order valence-corrected chi connectivity index (χ2v) is 8.21. The van der Waals surface area contributed by atoms with Crippen molar-refractivity contribution in [3.05, 3.63) is 54.7 Å². The van der Waals surface area contributed by atoms with E-state index in [1.54, 1.807) is 16.0 Å². The molecule has 7 heteroatoms. The summed E-state index contributed by atoms with van der Waals surface area (Å²) in [4.78, 5) is 19.6. The number of fused-ring (bicyclic) bond motifs is 2. The number of nitrogens with one attached hydrogen (secondary N) is 1. The average molecular weight is 392 g/mol. The lowest BCUT2D eigenvalue weighted by Gasteiger charge is -2.32. The van der Waals surface area contributed by atoms with Crippen LogP contribution in [-0.2, 0) is 11.3 Å². The Kier molecular flexibility index (Phi) is 4.44. The molecule has 1 N–H and O–H groups in total. The molecule has 1 aliphatic heterocycles. The Bertz CT molecular complexity index is 1070. The van der Waals surface area contributed by atoms with Crippen LogP contribution in [0.3, 0.4) is 0 Å². The lowest BCUT2D eigenvalue weighted by atomic mass is 10.1. The predicted octanol–water partition coefficient (Wildman–Crippen LogP) is 3.43. The highest BCUT2D eigenvalue weighted by Gasteiger charge is 2.23. The molecule has 3 heterocycles. The second kappa shape index (κ2) is 7.24. The molecule has 5 rings (SSSR count). The van der Waals surface area contributed by atoms with Crippen molar-refractivity contribution in [2.45, 2.75) is 25.4 Å². The van der Waals surface area contributed by atoms with Crippen LogP contribution in [-0.4, -0.2) is 39.8 Å². The van der Waals surface area contributed by atoms with Gasteiger partial charge >= 0.3 is 0 Å². The number of carbonyl (C=O) groups is 1. The van der Waals surface area contributed by atoms with Crippen molar-refractivity contribution < 1.29 is 4.79 Å². The van der Waals surface area contributed by atoms with E-state index in [0.29, 0.717) is 0 Å². The van der Waals surface area contributed by atoms with Gasteiger partial charge in [-0.3, -0.25) is 9.48 Å². The number of rotatable bonds is 4. The number of nitrogens with zero attached hydrogens (tertiary/aromatic N) is 4. The number of hydrogen-bond acceptors (Lipinski definition) is 5. The fraction of sp³-hybridized carbons (Fsp3) is 0.286. The van der Waals surface area contributed by atoms with Gasteiger partial charge in [0, 0.05) is 30.7 Å². The second-order valence-electron chi connectivity index (χ2n) is 7.20. The molecule has 28 heavy (non-hydrogen) atoms. The van der Waals surface area contributed by atoms with Gasteiger partial charge in [-0.25, -0.2) is 4.98 Å². The third-order valence-electron chi connectivity index (χ3n) is 5.11. The normalized spacial score (nSPS) is 17.3. The van der Waals surface area contributed by atoms with Crippen LogP contribution in [0.4, 0.5) is 5.13 Å². The van der Waals surface area contributed by atoms with Crippen LogP contribution in [0.5, 0.6) is 0 Å². The van der Waals surface area contributed by atoms with Crippen molar-refractivity contribution in [3.63, 3.8) is 0 Å². The number of carbonyl (C=O) groups excluding carboxylic acids is 1. The number of aromatic nitrogens is 3. The summed E-state index contributed by atoms with van der Waals surface area (Å²) >= 11 is 1.72. The fourth-order valence-electron chi connectivity index (χ4n) is 3.78. The van der Waals surface area contributed by atoms with Gasteiger partial charge in [0.05, 0.1) is 15.7 Å². The van der Waals surface area contributed by atoms with Crippen molar-refractivity contribution in [3.8, 4) is 0 Å². The van der Waals surface area contributed by atoms with Gasteiger partial charge in [-0.2, -0.15) is 5.10 Å². The van der Waals surface area contributed by atoms with Crippen molar-refractivity contribution in [1.29, 1.82) is 0 Å². The molecule has 1 aliphatic rings. The molecular weight excluding hydrogens is 370 g/mol. The number of thiazole rings is 1. The molecule has 0 radical (unpaired) electrons. The standard InChI is InChI=1S/C21H21N5OS/c27-20(14-26-12-15-6-1-2-8-17(15)24-26)22-16-7-5-11-25(13-16)21-23-18-9-3-4-10-19(18)28-21/h1-4,6,8-10,12,16H,5,7,11,13-14H2,(H,22,27). The summed E-state index contributed by atoms with van der Waals surface area (Å²) in [7, 11) is 0. The van der Waals surface area contributed by atoms with Crippen LogP contribution in [0.2, 0.25) is 0 Å². The van der Waals surface area contributed by atoms with Crippen LogP contribution in [0.15, 0.2) is 54.7 Å². The largest absolute Gasteiger partial charge is 0.350 e. The first kappa shape index (κ1) is 17.2. The monoisotopic (exact) mass is 391 g/mol. The Morgan fingerprint density at radius 2 is 1.96 bits per heavy atom. The molecule has 1 unspecified atom stereocenters. The number of hydrogen-bond donors (Lipinski definition) is 1. The first-order valence-electron chi connectivity index (χ1n) is 9.57. The topological polar surface area (TPSA) is 63.1 Å². The van der Waals surface area contributed by atoms with Crippen LogP contribution in [0.25, 0.3) is 21.1 Å². The van der Waals surface area contributed by atoms with Crippen LogP contribution < -0.4 is 10.2 Å². The van der Waals surface area contributed by atoms with E-state index in [9.17, 15) is 4.79 Å². The Morgan fingerprint density at radius 3 is 2.82 bits per heavy atom. The molecular formula is C21H21N5OS. The zero-order valence-corrected chi connectivity index (χ0v) is 16.2. The van der Waals surface area contributed by atoms with E-state index in [1.807, 2.05) is 48.7 Å². The highest BCUT2D eigenvalue weighted by atomic mass is 32.1. The molecule has 6 nitrogen and oxygen atoms in total. The van der Waals surface area contributed by atoms with E-state index in [0.717, 1.165) is 47.5 Å². The maximum Gasteiger partial charge on any atom is 0.242 e. The highest BCUT2D eigenvalue weighted by Crippen LogP contribution is 2.30. The number of para-hydroxylation sites is 1. The van der Waals surface area contributed by atoms with Gasteiger partial charge in [-0.05, 0) is 31.0 Å². The van der Waals surface area contributed by atoms with Gasteiger partial charge in [0.2, 0.25) is 5.91 Å². The van der Waals surface area contributed by atoms with Crippen molar-refractivity contribution in [2.75, 3.05) is 18.0 Å². The molecule has 1 fully saturated rings. The maximum absolute atomic E-state index is 12.5. The summed E-state index contributed by atoms with van der Waals surface area (Å²) in [5, 5.41) is 9.74. The van der Waals surface area contributed by atoms with Gasteiger partial charge in [0.1, 0.15) is 6.54 Å². The highest BCUT2D eigenvalue weighted by molar-refractivity contribution is 7.22. The first-order chi connectivity index (χ1) is 13.7. The van der Waals surface area contributed by atoms with Gasteiger partial charge in [0.25, 0.3) is 0 Å². The molecule has 0 bridgehead atoms. The van der Waals surface area contributed by atoms with E-state index in [-0.39, 0.29) is 18.5 Å². The van der Waals surface area contributed by atoms with Gasteiger partial charge in [-0.15, -0.1) is 0 Å². The molecule has 142 valence electrons. The summed E-state index contributed by atoms with van der Waals surface area (Å²) < 4.78 is 2.92. The van der Waals surface area contributed by atoms with E-state index >= 15 is 0 Å². The zero-order valence-electron chi connectivity index (χ0n) is 15.4. The van der Waals surface area contributed by atoms with Crippen molar-refractivity contribution in [2.24, 2.45) is 0 Å². The SMILES string of the molecule is O=C(Cn1cc2ccccc2n1)NC1CCCN(c2nc3ccccc3s2)C1. The summed E-state index contributed by atoms with van der Waals surface area (Å²) in [6, 6.07) is 16.3.